The van der Waals surface area contributed by atoms with Gasteiger partial charge >= 0.3 is 7.82 Å². The Hall–Kier alpha value is 0.110. The predicted molar refractivity (Wildman–Crippen MR) is 72.6 cm³/mol. The van der Waals surface area contributed by atoms with Crippen LogP contribution in [0.5, 0.6) is 0 Å². The van der Waals surface area contributed by atoms with Crippen molar-refractivity contribution in [2.75, 3.05) is 6.61 Å². The van der Waals surface area contributed by atoms with Crippen LogP contribution in [0.4, 0.5) is 0 Å². The molecule has 0 aliphatic carbocycles. The Morgan fingerprint density at radius 1 is 1.11 bits per heavy atom. The molecule has 0 N–H and O–H groups in total. The zero-order chi connectivity index (χ0) is 14.0. The van der Waals surface area contributed by atoms with Crippen LogP contribution in [0, 0.1) is 5.92 Å². The number of hydrogen-bond donors (Lipinski definition) is 0. The van der Waals surface area contributed by atoms with Crippen LogP contribution >= 0.6 is 7.82 Å². The molecule has 0 bridgehead atoms. The SMILES string of the molecule is CCCC(CC)COP1(=O)OC(C)(C)C(C)(C)O1. The molecule has 108 valence electrons. The Labute approximate surface area is 111 Å². The first-order valence-corrected chi connectivity index (χ1v) is 8.28. The normalized spacial score (nSPS) is 26.1. The first kappa shape index (κ1) is 16.2. The molecule has 1 atom stereocenters. The molecule has 1 aliphatic heterocycles. The van der Waals surface area contributed by atoms with E-state index in [0.717, 1.165) is 19.3 Å². The summed E-state index contributed by atoms with van der Waals surface area (Å²) in [4.78, 5) is 0. The van der Waals surface area contributed by atoms with Crippen LogP contribution in [0.1, 0.15) is 60.8 Å². The molecule has 0 aromatic heterocycles. The van der Waals surface area contributed by atoms with Crippen molar-refractivity contribution in [1.82, 2.24) is 0 Å². The van der Waals surface area contributed by atoms with Gasteiger partial charge in [0.25, 0.3) is 0 Å². The summed E-state index contributed by atoms with van der Waals surface area (Å²) < 4.78 is 29.0. The van der Waals surface area contributed by atoms with Crippen LogP contribution in [0.3, 0.4) is 0 Å². The van der Waals surface area contributed by atoms with Gasteiger partial charge in [-0.3, -0.25) is 13.6 Å². The van der Waals surface area contributed by atoms with Crippen molar-refractivity contribution < 1.29 is 18.1 Å². The minimum absolute atomic E-state index is 0.417. The maximum absolute atomic E-state index is 12.4. The van der Waals surface area contributed by atoms with Crippen LogP contribution in [0.15, 0.2) is 0 Å². The lowest BCUT2D eigenvalue weighted by atomic mass is 9.90. The largest absolute Gasteiger partial charge is 0.476 e. The highest BCUT2D eigenvalue weighted by Crippen LogP contribution is 2.64. The summed E-state index contributed by atoms with van der Waals surface area (Å²) >= 11 is 0. The van der Waals surface area contributed by atoms with E-state index in [0.29, 0.717) is 12.5 Å². The zero-order valence-corrected chi connectivity index (χ0v) is 13.4. The third-order valence-corrected chi connectivity index (χ3v) is 5.70. The molecule has 1 saturated heterocycles. The van der Waals surface area contributed by atoms with Gasteiger partial charge in [-0.15, -0.1) is 0 Å². The molecule has 0 aromatic rings. The second-order valence-corrected chi connectivity index (χ2v) is 7.53. The van der Waals surface area contributed by atoms with Gasteiger partial charge < -0.3 is 0 Å². The molecule has 5 heteroatoms. The van der Waals surface area contributed by atoms with Gasteiger partial charge in [-0.25, -0.2) is 4.57 Å². The molecule has 0 saturated carbocycles. The fraction of sp³-hybridized carbons (Fsp3) is 1.00. The minimum Gasteiger partial charge on any atom is -0.287 e. The number of phosphoric ester groups is 1. The highest BCUT2D eigenvalue weighted by molar-refractivity contribution is 7.48. The quantitative estimate of drug-likeness (QED) is 0.669. The lowest BCUT2D eigenvalue weighted by molar-refractivity contribution is 0.00578. The van der Waals surface area contributed by atoms with Crippen molar-refractivity contribution in [2.24, 2.45) is 5.92 Å². The van der Waals surface area contributed by atoms with Crippen LogP contribution in [-0.2, 0) is 18.1 Å². The highest BCUT2D eigenvalue weighted by atomic mass is 31.2. The second-order valence-electron chi connectivity index (χ2n) is 6.01. The first-order chi connectivity index (χ1) is 8.16. The van der Waals surface area contributed by atoms with Gasteiger partial charge in [0.2, 0.25) is 0 Å². The van der Waals surface area contributed by atoms with Gasteiger partial charge in [0.05, 0.1) is 6.61 Å². The van der Waals surface area contributed by atoms with Gasteiger partial charge in [-0.05, 0) is 40.0 Å². The summed E-state index contributed by atoms with van der Waals surface area (Å²) in [6.07, 6.45) is 3.19. The third-order valence-electron chi connectivity index (χ3n) is 3.87. The Balaban J connectivity index is 2.61. The van der Waals surface area contributed by atoms with Crippen LogP contribution in [0.2, 0.25) is 0 Å². The fourth-order valence-electron chi connectivity index (χ4n) is 1.86. The molecular formula is C13H27O4P. The van der Waals surface area contributed by atoms with E-state index in [-0.39, 0.29) is 0 Å². The average Bonchev–Trinajstić information content (AvgIpc) is 2.38. The van der Waals surface area contributed by atoms with Gasteiger partial charge in [0, 0.05) is 0 Å². The molecule has 0 amide bonds. The monoisotopic (exact) mass is 278 g/mol. The summed E-state index contributed by atoms with van der Waals surface area (Å²) in [5, 5.41) is 0. The van der Waals surface area contributed by atoms with E-state index in [9.17, 15) is 4.57 Å². The molecule has 4 nitrogen and oxygen atoms in total. The molecule has 0 spiro atoms. The first-order valence-electron chi connectivity index (χ1n) is 6.82. The predicted octanol–water partition coefficient (Wildman–Crippen LogP) is 4.54. The van der Waals surface area contributed by atoms with E-state index in [1.807, 2.05) is 27.7 Å². The lowest BCUT2D eigenvalue weighted by Crippen LogP contribution is -2.41. The maximum Gasteiger partial charge on any atom is 0.476 e. The van der Waals surface area contributed by atoms with Crippen molar-refractivity contribution in [3.8, 4) is 0 Å². The molecular weight excluding hydrogens is 251 g/mol. The summed E-state index contributed by atoms with van der Waals surface area (Å²) in [5.74, 6) is 0.417. The zero-order valence-electron chi connectivity index (χ0n) is 12.5. The number of rotatable bonds is 6. The van der Waals surface area contributed by atoms with Crippen molar-refractivity contribution in [3.05, 3.63) is 0 Å². The maximum atomic E-state index is 12.4. The van der Waals surface area contributed by atoms with E-state index in [4.69, 9.17) is 13.6 Å². The Bertz CT molecular complexity index is 305. The lowest BCUT2D eigenvalue weighted by Gasteiger charge is -2.28. The molecule has 0 radical (unpaired) electrons. The van der Waals surface area contributed by atoms with Crippen LogP contribution in [0.25, 0.3) is 0 Å². The molecule has 1 aliphatic rings. The van der Waals surface area contributed by atoms with Crippen LogP contribution in [-0.4, -0.2) is 17.8 Å². The van der Waals surface area contributed by atoms with Crippen molar-refractivity contribution in [2.45, 2.75) is 72.0 Å². The van der Waals surface area contributed by atoms with Gasteiger partial charge in [0.15, 0.2) is 0 Å². The summed E-state index contributed by atoms with van der Waals surface area (Å²) in [7, 11) is -3.40. The van der Waals surface area contributed by atoms with E-state index >= 15 is 0 Å². The van der Waals surface area contributed by atoms with Crippen molar-refractivity contribution >= 4 is 7.82 Å². The van der Waals surface area contributed by atoms with Gasteiger partial charge in [-0.1, -0.05) is 26.7 Å². The summed E-state index contributed by atoms with van der Waals surface area (Å²) in [5.41, 5.74) is -1.20. The van der Waals surface area contributed by atoms with E-state index < -0.39 is 19.0 Å². The van der Waals surface area contributed by atoms with Gasteiger partial charge in [0.1, 0.15) is 11.2 Å². The summed E-state index contributed by atoms with van der Waals surface area (Å²) in [6.45, 7) is 12.2. The number of hydrogen-bond acceptors (Lipinski definition) is 4. The highest BCUT2D eigenvalue weighted by Gasteiger charge is 2.56. The number of phosphoric acid groups is 1. The van der Waals surface area contributed by atoms with E-state index in [1.54, 1.807) is 0 Å². The molecule has 1 unspecified atom stereocenters. The Morgan fingerprint density at radius 2 is 1.61 bits per heavy atom. The van der Waals surface area contributed by atoms with E-state index in [1.165, 1.54) is 0 Å². The smallest absolute Gasteiger partial charge is 0.287 e. The topological polar surface area (TPSA) is 44.8 Å². The average molecular weight is 278 g/mol. The molecule has 1 heterocycles. The van der Waals surface area contributed by atoms with Crippen molar-refractivity contribution in [3.63, 3.8) is 0 Å². The fourth-order valence-corrected chi connectivity index (χ4v) is 3.95. The summed E-state index contributed by atoms with van der Waals surface area (Å²) in [6, 6.07) is 0. The molecule has 1 rings (SSSR count). The Kier molecular flexibility index (Phi) is 5.05. The minimum atomic E-state index is -3.40. The molecule has 1 fully saturated rings. The van der Waals surface area contributed by atoms with Crippen molar-refractivity contribution in [1.29, 1.82) is 0 Å². The third kappa shape index (κ3) is 3.57. The second kappa shape index (κ2) is 5.62. The van der Waals surface area contributed by atoms with E-state index in [2.05, 4.69) is 13.8 Å². The molecule has 18 heavy (non-hydrogen) atoms. The standard InChI is InChI=1S/C13H27O4P/c1-7-9-11(8-2)10-15-18(14)16-12(3,4)13(5,6)17-18/h11H,7-10H2,1-6H3. The van der Waals surface area contributed by atoms with Crippen LogP contribution < -0.4 is 0 Å². The van der Waals surface area contributed by atoms with Gasteiger partial charge in [-0.2, -0.15) is 0 Å². The Morgan fingerprint density at radius 3 is 2.00 bits per heavy atom. The molecule has 0 aromatic carbocycles.